The Labute approximate surface area is 103 Å². The third-order valence-corrected chi connectivity index (χ3v) is 3.34. The summed E-state index contributed by atoms with van der Waals surface area (Å²) in [5, 5.41) is 1.37. The molecule has 0 aliphatic rings. The molecule has 0 unspecified atom stereocenters. The second-order valence-corrected chi connectivity index (χ2v) is 4.65. The molecule has 0 saturated heterocycles. The number of anilines is 2. The van der Waals surface area contributed by atoms with Crippen LogP contribution in [0.1, 0.15) is 0 Å². The molecular formula is C11H10ClN3S. The predicted molar refractivity (Wildman–Crippen MR) is 68.6 cm³/mol. The molecule has 0 aliphatic carbocycles. The van der Waals surface area contributed by atoms with Gasteiger partial charge in [-0.2, -0.15) is 0 Å². The second-order valence-electron chi connectivity index (χ2n) is 3.18. The number of nitrogen functional groups attached to an aromatic ring is 2. The molecule has 1 aromatic carbocycles. The number of aromatic nitrogens is 1. The standard InChI is InChI=1S/C11H10ClN3S/c12-7-3-4-10(9(14)6-7)16-11-8(13)2-1-5-15-11/h1-6H,13-14H2. The van der Waals surface area contributed by atoms with Gasteiger partial charge >= 0.3 is 0 Å². The molecule has 0 amide bonds. The number of nitrogens with zero attached hydrogens (tertiary/aromatic N) is 1. The lowest BCUT2D eigenvalue weighted by Crippen LogP contribution is -1.92. The van der Waals surface area contributed by atoms with Crippen molar-refractivity contribution in [2.75, 3.05) is 11.5 Å². The van der Waals surface area contributed by atoms with Crippen molar-refractivity contribution in [2.24, 2.45) is 0 Å². The van der Waals surface area contributed by atoms with E-state index in [0.717, 1.165) is 9.92 Å². The van der Waals surface area contributed by atoms with Crippen molar-refractivity contribution in [3.8, 4) is 0 Å². The molecule has 0 saturated carbocycles. The van der Waals surface area contributed by atoms with Crippen LogP contribution in [0, 0.1) is 0 Å². The zero-order chi connectivity index (χ0) is 11.5. The monoisotopic (exact) mass is 251 g/mol. The Balaban J connectivity index is 2.31. The van der Waals surface area contributed by atoms with Gasteiger partial charge < -0.3 is 11.5 Å². The van der Waals surface area contributed by atoms with Crippen molar-refractivity contribution in [3.05, 3.63) is 41.6 Å². The van der Waals surface area contributed by atoms with Crippen molar-refractivity contribution in [1.82, 2.24) is 4.98 Å². The van der Waals surface area contributed by atoms with E-state index in [4.69, 9.17) is 23.1 Å². The van der Waals surface area contributed by atoms with Gasteiger partial charge in [0, 0.05) is 21.8 Å². The summed E-state index contributed by atoms with van der Waals surface area (Å²) in [4.78, 5) is 5.08. The van der Waals surface area contributed by atoms with Gasteiger partial charge in [0.2, 0.25) is 0 Å². The molecule has 0 spiro atoms. The summed E-state index contributed by atoms with van der Waals surface area (Å²) in [6, 6.07) is 8.96. The maximum atomic E-state index is 5.85. The third kappa shape index (κ3) is 2.40. The van der Waals surface area contributed by atoms with E-state index in [2.05, 4.69) is 4.98 Å². The Morgan fingerprint density at radius 1 is 1.12 bits per heavy atom. The van der Waals surface area contributed by atoms with E-state index in [0.29, 0.717) is 16.4 Å². The van der Waals surface area contributed by atoms with Crippen LogP contribution in [-0.4, -0.2) is 4.98 Å². The van der Waals surface area contributed by atoms with Crippen molar-refractivity contribution >= 4 is 34.7 Å². The van der Waals surface area contributed by atoms with Gasteiger partial charge in [0.05, 0.1) is 5.69 Å². The van der Waals surface area contributed by atoms with E-state index >= 15 is 0 Å². The van der Waals surface area contributed by atoms with Crippen molar-refractivity contribution in [3.63, 3.8) is 0 Å². The van der Waals surface area contributed by atoms with Gasteiger partial charge in [-0.3, -0.25) is 0 Å². The van der Waals surface area contributed by atoms with E-state index in [1.165, 1.54) is 11.8 Å². The lowest BCUT2D eigenvalue weighted by atomic mass is 10.3. The summed E-state index contributed by atoms with van der Waals surface area (Å²) in [7, 11) is 0. The quantitative estimate of drug-likeness (QED) is 0.806. The molecule has 2 aromatic rings. The molecule has 2 rings (SSSR count). The van der Waals surface area contributed by atoms with Crippen LogP contribution in [0.25, 0.3) is 0 Å². The fraction of sp³-hybridized carbons (Fsp3) is 0. The van der Waals surface area contributed by atoms with Gasteiger partial charge in [-0.25, -0.2) is 4.98 Å². The number of nitrogens with two attached hydrogens (primary N) is 2. The molecule has 82 valence electrons. The number of hydrogen-bond acceptors (Lipinski definition) is 4. The maximum Gasteiger partial charge on any atom is 0.124 e. The molecule has 3 nitrogen and oxygen atoms in total. The third-order valence-electron chi connectivity index (χ3n) is 1.98. The maximum absolute atomic E-state index is 5.85. The van der Waals surface area contributed by atoms with E-state index in [9.17, 15) is 0 Å². The first-order valence-corrected chi connectivity index (χ1v) is 5.79. The number of halogens is 1. The normalized spacial score (nSPS) is 10.3. The minimum absolute atomic E-state index is 0.621. The summed E-state index contributed by atoms with van der Waals surface area (Å²) >= 11 is 7.25. The van der Waals surface area contributed by atoms with Gasteiger partial charge in [-0.15, -0.1) is 0 Å². The molecule has 4 N–H and O–H groups in total. The summed E-state index contributed by atoms with van der Waals surface area (Å²) in [6.07, 6.45) is 1.70. The SMILES string of the molecule is Nc1cc(Cl)ccc1Sc1ncccc1N. The molecule has 5 heteroatoms. The zero-order valence-corrected chi connectivity index (χ0v) is 9.92. The number of pyridine rings is 1. The van der Waals surface area contributed by atoms with E-state index in [1.54, 1.807) is 30.5 Å². The average molecular weight is 252 g/mol. The van der Waals surface area contributed by atoms with Crippen molar-refractivity contribution < 1.29 is 0 Å². The van der Waals surface area contributed by atoms with Crippen molar-refractivity contribution in [1.29, 1.82) is 0 Å². The smallest absolute Gasteiger partial charge is 0.124 e. The fourth-order valence-corrected chi connectivity index (χ4v) is 2.21. The summed E-state index contributed by atoms with van der Waals surface area (Å²) in [6.45, 7) is 0. The molecule has 0 atom stereocenters. The molecular weight excluding hydrogens is 242 g/mol. The Hall–Kier alpha value is -1.39. The molecule has 1 aromatic heterocycles. The highest BCUT2D eigenvalue weighted by Crippen LogP contribution is 2.34. The van der Waals surface area contributed by atoms with E-state index in [1.807, 2.05) is 6.07 Å². The van der Waals surface area contributed by atoms with Gasteiger partial charge in [-0.1, -0.05) is 23.4 Å². The minimum atomic E-state index is 0.621. The van der Waals surface area contributed by atoms with E-state index in [-0.39, 0.29) is 0 Å². The highest BCUT2D eigenvalue weighted by molar-refractivity contribution is 7.99. The molecule has 0 radical (unpaired) electrons. The second kappa shape index (κ2) is 4.63. The Morgan fingerprint density at radius 3 is 2.62 bits per heavy atom. The summed E-state index contributed by atoms with van der Waals surface area (Å²) < 4.78 is 0. The van der Waals surface area contributed by atoms with Crippen LogP contribution < -0.4 is 11.5 Å². The summed E-state index contributed by atoms with van der Waals surface area (Å²) in [5.41, 5.74) is 12.9. The molecule has 0 aliphatic heterocycles. The van der Waals surface area contributed by atoms with Crippen LogP contribution in [-0.2, 0) is 0 Å². The van der Waals surface area contributed by atoms with Gasteiger partial charge in [0.25, 0.3) is 0 Å². The highest BCUT2D eigenvalue weighted by Gasteiger charge is 2.06. The first-order chi connectivity index (χ1) is 7.66. The minimum Gasteiger partial charge on any atom is -0.398 e. The number of rotatable bonds is 2. The first-order valence-electron chi connectivity index (χ1n) is 4.60. The van der Waals surface area contributed by atoms with Gasteiger partial charge in [-0.05, 0) is 30.3 Å². The van der Waals surface area contributed by atoms with Crippen LogP contribution in [0.3, 0.4) is 0 Å². The lowest BCUT2D eigenvalue weighted by Gasteiger charge is -2.06. The number of benzene rings is 1. The van der Waals surface area contributed by atoms with Gasteiger partial charge in [0.1, 0.15) is 5.03 Å². The average Bonchev–Trinajstić information content (AvgIpc) is 2.25. The molecule has 0 bridgehead atoms. The largest absolute Gasteiger partial charge is 0.398 e. The van der Waals surface area contributed by atoms with Gasteiger partial charge in [0.15, 0.2) is 0 Å². The van der Waals surface area contributed by atoms with Crippen molar-refractivity contribution in [2.45, 2.75) is 9.92 Å². The van der Waals surface area contributed by atoms with Crippen LogP contribution in [0.2, 0.25) is 5.02 Å². The lowest BCUT2D eigenvalue weighted by molar-refractivity contribution is 1.14. The van der Waals surface area contributed by atoms with Crippen LogP contribution >= 0.6 is 23.4 Å². The summed E-state index contributed by atoms with van der Waals surface area (Å²) in [5.74, 6) is 0. The predicted octanol–water partition coefficient (Wildman–Crippen LogP) is 3.05. The van der Waals surface area contributed by atoms with Crippen LogP contribution in [0.4, 0.5) is 11.4 Å². The highest BCUT2D eigenvalue weighted by atomic mass is 35.5. The number of hydrogen-bond donors (Lipinski definition) is 2. The Morgan fingerprint density at radius 2 is 1.94 bits per heavy atom. The molecule has 1 heterocycles. The Kier molecular flexibility index (Phi) is 3.22. The van der Waals surface area contributed by atoms with E-state index < -0.39 is 0 Å². The van der Waals surface area contributed by atoms with Crippen LogP contribution in [0.5, 0.6) is 0 Å². The fourth-order valence-electron chi connectivity index (χ4n) is 1.20. The zero-order valence-electron chi connectivity index (χ0n) is 8.35. The first kappa shape index (κ1) is 11.1. The Bertz CT molecular complexity index is 516. The topological polar surface area (TPSA) is 64.9 Å². The van der Waals surface area contributed by atoms with Crippen LogP contribution in [0.15, 0.2) is 46.5 Å². The molecule has 0 fully saturated rings. The molecule has 16 heavy (non-hydrogen) atoms.